The van der Waals surface area contributed by atoms with E-state index in [1.165, 1.54) is 0 Å². The van der Waals surface area contributed by atoms with E-state index in [4.69, 9.17) is 15.0 Å². The molecule has 0 aromatic carbocycles. The van der Waals surface area contributed by atoms with Gasteiger partial charge in [0.15, 0.2) is 0 Å². The predicted molar refractivity (Wildman–Crippen MR) is 57.7 cm³/mol. The number of carbonyl (C=O) groups excluding carboxylic acids is 1. The Morgan fingerprint density at radius 2 is 2.41 bits per heavy atom. The van der Waals surface area contributed by atoms with Gasteiger partial charge in [-0.15, -0.1) is 0 Å². The molecule has 17 heavy (non-hydrogen) atoms. The molecule has 7 heteroatoms. The van der Waals surface area contributed by atoms with Crippen LogP contribution in [0.5, 0.6) is 0 Å². The van der Waals surface area contributed by atoms with Gasteiger partial charge < -0.3 is 15.0 Å². The van der Waals surface area contributed by atoms with Crippen LogP contribution >= 0.6 is 0 Å². The van der Waals surface area contributed by atoms with Crippen LogP contribution in [0, 0.1) is 0 Å². The fourth-order valence-corrected chi connectivity index (χ4v) is 1.82. The molecule has 0 spiro atoms. The number of nitrogens with zero attached hydrogens (tertiary/aromatic N) is 2. The lowest BCUT2D eigenvalue weighted by atomic mass is 9.79. The van der Waals surface area contributed by atoms with E-state index >= 15 is 0 Å². The summed E-state index contributed by atoms with van der Waals surface area (Å²) in [5.41, 5.74) is 4.63. The molecule has 1 fully saturated rings. The average Bonchev–Trinajstić information content (AvgIpc) is 2.66. The lowest BCUT2D eigenvalue weighted by molar-refractivity contribution is -0.117. The molecule has 3 N–H and O–H groups in total. The van der Waals surface area contributed by atoms with E-state index in [1.54, 1.807) is 7.11 Å². The van der Waals surface area contributed by atoms with Crippen molar-refractivity contribution in [2.75, 3.05) is 13.7 Å². The Balaban J connectivity index is 1.94. The highest BCUT2D eigenvalue weighted by Gasteiger charge is 2.43. The minimum atomic E-state index is -0.419. The van der Waals surface area contributed by atoms with Crippen molar-refractivity contribution in [1.29, 1.82) is 0 Å². The summed E-state index contributed by atoms with van der Waals surface area (Å²) >= 11 is 0. The Morgan fingerprint density at radius 1 is 1.65 bits per heavy atom. The molecular formula is C10H16N4O3. The summed E-state index contributed by atoms with van der Waals surface area (Å²) in [4.78, 5) is 14.8. The van der Waals surface area contributed by atoms with E-state index in [0.717, 1.165) is 19.3 Å². The summed E-state index contributed by atoms with van der Waals surface area (Å²) in [6.07, 6.45) is 2.94. The van der Waals surface area contributed by atoms with Gasteiger partial charge in [-0.3, -0.25) is 10.1 Å². The molecule has 94 valence electrons. The van der Waals surface area contributed by atoms with Crippen LogP contribution in [0.25, 0.3) is 0 Å². The van der Waals surface area contributed by atoms with Crippen molar-refractivity contribution in [3.63, 3.8) is 0 Å². The topological polar surface area (TPSA) is 103 Å². The molecule has 2 rings (SSSR count). The number of amides is 1. The SMILES string of the molecule is COC1(c2noc(CNCC(N)=O)n2)CCC1. The van der Waals surface area contributed by atoms with Crippen LogP contribution in [0.4, 0.5) is 0 Å². The molecule has 0 saturated heterocycles. The number of hydrogen-bond acceptors (Lipinski definition) is 6. The van der Waals surface area contributed by atoms with Gasteiger partial charge in [0.2, 0.25) is 17.6 Å². The van der Waals surface area contributed by atoms with Gasteiger partial charge in [-0.25, -0.2) is 0 Å². The van der Waals surface area contributed by atoms with Gasteiger partial charge in [-0.2, -0.15) is 4.98 Å². The van der Waals surface area contributed by atoms with Gasteiger partial charge in [-0.05, 0) is 19.3 Å². The second kappa shape index (κ2) is 4.80. The van der Waals surface area contributed by atoms with E-state index in [2.05, 4.69) is 15.5 Å². The maximum absolute atomic E-state index is 10.5. The number of carbonyl (C=O) groups is 1. The quantitative estimate of drug-likeness (QED) is 0.705. The fraction of sp³-hybridized carbons (Fsp3) is 0.700. The number of primary amides is 1. The van der Waals surface area contributed by atoms with Crippen molar-refractivity contribution in [2.45, 2.75) is 31.4 Å². The summed E-state index contributed by atoms with van der Waals surface area (Å²) in [7, 11) is 1.65. The highest BCUT2D eigenvalue weighted by molar-refractivity contribution is 5.75. The third-order valence-electron chi connectivity index (χ3n) is 3.00. The average molecular weight is 240 g/mol. The van der Waals surface area contributed by atoms with Crippen LogP contribution in [-0.2, 0) is 21.7 Å². The number of rotatable bonds is 6. The van der Waals surface area contributed by atoms with Crippen molar-refractivity contribution >= 4 is 5.91 Å². The van der Waals surface area contributed by atoms with E-state index in [1.807, 2.05) is 0 Å². The van der Waals surface area contributed by atoms with Crippen molar-refractivity contribution in [1.82, 2.24) is 15.5 Å². The number of nitrogens with two attached hydrogens (primary N) is 1. The van der Waals surface area contributed by atoms with Crippen molar-refractivity contribution < 1.29 is 14.1 Å². The summed E-state index contributed by atoms with van der Waals surface area (Å²) in [5.74, 6) is 0.601. The molecule has 7 nitrogen and oxygen atoms in total. The molecular weight excluding hydrogens is 224 g/mol. The standard InChI is InChI=1S/C10H16N4O3/c1-16-10(3-2-4-10)9-13-8(17-14-9)6-12-5-7(11)15/h12H,2-6H2,1H3,(H2,11,15). The smallest absolute Gasteiger partial charge is 0.240 e. The highest BCUT2D eigenvalue weighted by atomic mass is 16.5. The van der Waals surface area contributed by atoms with Gasteiger partial charge in [0.05, 0.1) is 13.1 Å². The fourth-order valence-electron chi connectivity index (χ4n) is 1.82. The molecule has 1 aliphatic rings. The lowest BCUT2D eigenvalue weighted by Crippen LogP contribution is -2.37. The molecule has 0 atom stereocenters. The van der Waals surface area contributed by atoms with Gasteiger partial charge in [0, 0.05) is 7.11 Å². The van der Waals surface area contributed by atoms with Gasteiger partial charge in [-0.1, -0.05) is 5.16 Å². The molecule has 1 saturated carbocycles. The maximum atomic E-state index is 10.5. The first-order valence-electron chi connectivity index (χ1n) is 5.53. The zero-order valence-electron chi connectivity index (χ0n) is 9.73. The van der Waals surface area contributed by atoms with Crippen LogP contribution in [0.2, 0.25) is 0 Å². The van der Waals surface area contributed by atoms with Gasteiger partial charge in [0.25, 0.3) is 0 Å². The first-order valence-corrected chi connectivity index (χ1v) is 5.53. The van der Waals surface area contributed by atoms with E-state index in [-0.39, 0.29) is 12.1 Å². The van der Waals surface area contributed by atoms with E-state index in [0.29, 0.717) is 18.3 Å². The van der Waals surface area contributed by atoms with Crippen molar-refractivity contribution in [2.24, 2.45) is 5.73 Å². The minimum Gasteiger partial charge on any atom is -0.370 e. The molecule has 0 unspecified atom stereocenters. The predicted octanol–water partition coefficient (Wildman–Crippen LogP) is -0.330. The number of nitrogens with one attached hydrogen (secondary N) is 1. The Hall–Kier alpha value is -1.47. The molecule has 0 aliphatic heterocycles. The zero-order chi connectivity index (χ0) is 12.3. The second-order valence-electron chi connectivity index (χ2n) is 4.13. The monoisotopic (exact) mass is 240 g/mol. The maximum Gasteiger partial charge on any atom is 0.240 e. The van der Waals surface area contributed by atoms with Gasteiger partial charge >= 0.3 is 0 Å². The van der Waals surface area contributed by atoms with Crippen LogP contribution < -0.4 is 11.1 Å². The Kier molecular flexibility index (Phi) is 3.39. The third-order valence-corrected chi connectivity index (χ3v) is 3.00. The van der Waals surface area contributed by atoms with Crippen molar-refractivity contribution in [3.8, 4) is 0 Å². The van der Waals surface area contributed by atoms with Gasteiger partial charge in [0.1, 0.15) is 5.60 Å². The third kappa shape index (κ3) is 2.45. The van der Waals surface area contributed by atoms with Crippen LogP contribution in [0.15, 0.2) is 4.52 Å². The number of ether oxygens (including phenoxy) is 1. The Morgan fingerprint density at radius 3 is 2.94 bits per heavy atom. The minimum absolute atomic E-state index is 0.0904. The van der Waals surface area contributed by atoms with Crippen LogP contribution in [0.1, 0.15) is 31.0 Å². The molecule has 1 aromatic rings. The molecule has 0 radical (unpaired) electrons. The number of methoxy groups -OCH3 is 1. The Labute approximate surface area is 98.7 Å². The largest absolute Gasteiger partial charge is 0.370 e. The van der Waals surface area contributed by atoms with E-state index < -0.39 is 5.91 Å². The first-order chi connectivity index (χ1) is 8.16. The molecule has 1 heterocycles. The Bertz CT molecular complexity index is 395. The molecule has 1 aliphatic carbocycles. The first kappa shape index (κ1) is 12.0. The molecule has 0 bridgehead atoms. The van der Waals surface area contributed by atoms with Crippen LogP contribution in [0.3, 0.4) is 0 Å². The van der Waals surface area contributed by atoms with Crippen molar-refractivity contribution in [3.05, 3.63) is 11.7 Å². The lowest BCUT2D eigenvalue weighted by Gasteiger charge is -2.37. The summed E-state index contributed by atoms with van der Waals surface area (Å²) in [6, 6.07) is 0. The number of aromatic nitrogens is 2. The second-order valence-corrected chi connectivity index (χ2v) is 4.13. The summed E-state index contributed by atoms with van der Waals surface area (Å²) < 4.78 is 10.5. The molecule has 1 aromatic heterocycles. The summed E-state index contributed by atoms with van der Waals surface area (Å²) in [6.45, 7) is 0.420. The molecule has 1 amide bonds. The normalized spacial score (nSPS) is 17.7. The number of hydrogen-bond donors (Lipinski definition) is 2. The highest BCUT2D eigenvalue weighted by Crippen LogP contribution is 2.42. The summed E-state index contributed by atoms with van der Waals surface area (Å²) in [5, 5.41) is 6.72. The van der Waals surface area contributed by atoms with E-state index in [9.17, 15) is 4.79 Å². The zero-order valence-corrected chi connectivity index (χ0v) is 9.73. The van der Waals surface area contributed by atoms with Crippen LogP contribution in [-0.4, -0.2) is 29.7 Å².